The van der Waals surface area contributed by atoms with Gasteiger partial charge in [-0.1, -0.05) is 0 Å². The molecule has 0 aliphatic heterocycles. The van der Waals surface area contributed by atoms with Crippen molar-refractivity contribution < 1.29 is 13.6 Å². The standard InChI is InChI=1S/C8H6ClF2NO/c9-3-5-1-2-12-6(4-13)7(5)8(10)11/h1-2,4,8H,3H2. The molecule has 0 radical (unpaired) electrons. The van der Waals surface area contributed by atoms with Crippen LogP contribution in [0, 0.1) is 0 Å². The molecular formula is C8H6ClF2NO. The number of alkyl halides is 3. The largest absolute Gasteiger partial charge is 0.296 e. The highest BCUT2D eigenvalue weighted by Crippen LogP contribution is 2.25. The first-order chi connectivity index (χ1) is 6.20. The van der Waals surface area contributed by atoms with Crippen molar-refractivity contribution in [1.29, 1.82) is 0 Å². The molecule has 2 nitrogen and oxygen atoms in total. The van der Waals surface area contributed by atoms with Crippen LogP contribution in [0.15, 0.2) is 12.3 Å². The maximum atomic E-state index is 12.4. The lowest BCUT2D eigenvalue weighted by atomic mass is 10.1. The highest BCUT2D eigenvalue weighted by atomic mass is 35.5. The van der Waals surface area contributed by atoms with E-state index >= 15 is 0 Å². The van der Waals surface area contributed by atoms with E-state index in [2.05, 4.69) is 4.98 Å². The van der Waals surface area contributed by atoms with Gasteiger partial charge in [-0.3, -0.25) is 9.78 Å². The smallest absolute Gasteiger partial charge is 0.266 e. The van der Waals surface area contributed by atoms with Crippen molar-refractivity contribution in [2.45, 2.75) is 12.3 Å². The normalized spacial score (nSPS) is 10.5. The Morgan fingerprint density at radius 2 is 2.31 bits per heavy atom. The van der Waals surface area contributed by atoms with Crippen molar-refractivity contribution in [2.75, 3.05) is 0 Å². The number of carbonyl (C=O) groups is 1. The van der Waals surface area contributed by atoms with Crippen molar-refractivity contribution in [1.82, 2.24) is 4.98 Å². The van der Waals surface area contributed by atoms with Gasteiger partial charge in [-0.05, 0) is 11.6 Å². The summed E-state index contributed by atoms with van der Waals surface area (Å²) in [5.74, 6) is -0.0525. The summed E-state index contributed by atoms with van der Waals surface area (Å²) in [5, 5.41) is 0. The van der Waals surface area contributed by atoms with E-state index in [1.54, 1.807) is 0 Å². The van der Waals surface area contributed by atoms with Crippen molar-refractivity contribution in [3.05, 3.63) is 29.1 Å². The van der Waals surface area contributed by atoms with Gasteiger partial charge in [0.25, 0.3) is 6.43 Å². The van der Waals surface area contributed by atoms with Crippen molar-refractivity contribution in [3.8, 4) is 0 Å². The minimum Gasteiger partial charge on any atom is -0.296 e. The molecule has 0 aliphatic carbocycles. The number of rotatable bonds is 3. The fourth-order valence-corrected chi connectivity index (χ4v) is 1.23. The van der Waals surface area contributed by atoms with Gasteiger partial charge in [0.1, 0.15) is 5.69 Å². The SMILES string of the molecule is O=Cc1nccc(CCl)c1C(F)F. The van der Waals surface area contributed by atoms with Gasteiger partial charge in [-0.15, -0.1) is 11.6 Å². The fraction of sp³-hybridized carbons (Fsp3) is 0.250. The van der Waals surface area contributed by atoms with Crippen molar-refractivity contribution in [3.63, 3.8) is 0 Å². The summed E-state index contributed by atoms with van der Waals surface area (Å²) in [7, 11) is 0. The van der Waals surface area contributed by atoms with Crippen molar-refractivity contribution in [2.24, 2.45) is 0 Å². The maximum absolute atomic E-state index is 12.4. The van der Waals surface area contributed by atoms with Gasteiger partial charge >= 0.3 is 0 Å². The molecule has 0 spiro atoms. The average molecular weight is 206 g/mol. The van der Waals surface area contributed by atoms with E-state index in [1.165, 1.54) is 12.3 Å². The zero-order chi connectivity index (χ0) is 9.84. The lowest BCUT2D eigenvalue weighted by Crippen LogP contribution is -2.01. The quantitative estimate of drug-likeness (QED) is 0.561. The number of halogens is 3. The van der Waals surface area contributed by atoms with Crippen LogP contribution >= 0.6 is 11.6 Å². The predicted octanol–water partition coefficient (Wildman–Crippen LogP) is 2.57. The molecule has 70 valence electrons. The second-order valence-corrected chi connectivity index (χ2v) is 2.59. The van der Waals surface area contributed by atoms with Crippen molar-refractivity contribution >= 4 is 17.9 Å². The minimum atomic E-state index is -2.72. The van der Waals surface area contributed by atoms with Gasteiger partial charge < -0.3 is 0 Å². The number of pyridine rings is 1. The van der Waals surface area contributed by atoms with Crippen LogP contribution in [0.1, 0.15) is 28.0 Å². The molecule has 0 unspecified atom stereocenters. The zero-order valence-corrected chi connectivity index (χ0v) is 7.26. The first-order valence-electron chi connectivity index (χ1n) is 3.47. The summed E-state index contributed by atoms with van der Waals surface area (Å²) in [6.07, 6.45) is -1.13. The molecular weight excluding hydrogens is 200 g/mol. The number of hydrogen-bond acceptors (Lipinski definition) is 2. The van der Waals surface area contributed by atoms with Crippen LogP contribution in [0.5, 0.6) is 0 Å². The summed E-state index contributed by atoms with van der Waals surface area (Å²) >= 11 is 5.43. The van der Waals surface area contributed by atoms with Gasteiger partial charge in [-0.25, -0.2) is 8.78 Å². The third-order valence-corrected chi connectivity index (χ3v) is 1.87. The molecule has 5 heteroatoms. The summed E-state index contributed by atoms with van der Waals surface area (Å²) < 4.78 is 24.8. The highest BCUT2D eigenvalue weighted by Gasteiger charge is 2.17. The Hall–Kier alpha value is -1.03. The Bertz CT molecular complexity index is 317. The molecule has 0 N–H and O–H groups in total. The molecule has 1 aromatic rings. The van der Waals surface area contributed by atoms with E-state index in [1.807, 2.05) is 0 Å². The van der Waals surface area contributed by atoms with E-state index in [4.69, 9.17) is 11.6 Å². The Balaban J connectivity index is 3.29. The van der Waals surface area contributed by atoms with Gasteiger partial charge in [0.05, 0.1) is 5.56 Å². The molecule has 0 amide bonds. The van der Waals surface area contributed by atoms with Crippen LogP contribution < -0.4 is 0 Å². The summed E-state index contributed by atoms with van der Waals surface area (Å²) in [6.45, 7) is 0. The van der Waals surface area contributed by atoms with Crippen LogP contribution in [0.2, 0.25) is 0 Å². The molecule has 1 heterocycles. The van der Waals surface area contributed by atoms with Gasteiger partial charge in [0.2, 0.25) is 0 Å². The molecule has 0 saturated heterocycles. The van der Waals surface area contributed by atoms with Crippen LogP contribution in [-0.2, 0) is 5.88 Å². The van der Waals surface area contributed by atoms with E-state index < -0.39 is 6.43 Å². The Morgan fingerprint density at radius 1 is 1.62 bits per heavy atom. The Labute approximate surface area is 78.5 Å². The van der Waals surface area contributed by atoms with Gasteiger partial charge in [-0.2, -0.15) is 0 Å². The summed E-state index contributed by atoms with van der Waals surface area (Å²) in [5.41, 5.74) is -0.366. The second-order valence-electron chi connectivity index (χ2n) is 2.32. The van der Waals surface area contributed by atoms with E-state index in [0.29, 0.717) is 6.29 Å². The number of aldehydes is 1. The zero-order valence-electron chi connectivity index (χ0n) is 6.51. The molecule has 0 saturated carbocycles. The molecule has 0 aliphatic rings. The third kappa shape index (κ3) is 2.01. The van der Waals surface area contributed by atoms with Gasteiger partial charge in [0.15, 0.2) is 6.29 Å². The maximum Gasteiger partial charge on any atom is 0.266 e. The predicted molar refractivity (Wildman–Crippen MR) is 44.1 cm³/mol. The van der Waals surface area contributed by atoms with E-state index in [0.717, 1.165) is 0 Å². The molecule has 0 aromatic carbocycles. The Morgan fingerprint density at radius 3 is 2.77 bits per heavy atom. The third-order valence-electron chi connectivity index (χ3n) is 1.59. The topological polar surface area (TPSA) is 30.0 Å². The number of aromatic nitrogens is 1. The molecule has 1 aromatic heterocycles. The number of nitrogens with zero attached hydrogens (tertiary/aromatic N) is 1. The Kier molecular flexibility index (Phi) is 3.31. The number of carbonyl (C=O) groups excluding carboxylic acids is 1. The lowest BCUT2D eigenvalue weighted by molar-refractivity contribution is 0.110. The van der Waals surface area contributed by atoms with Crippen LogP contribution in [-0.4, -0.2) is 11.3 Å². The number of hydrogen-bond donors (Lipinski definition) is 0. The van der Waals surface area contributed by atoms with E-state index in [9.17, 15) is 13.6 Å². The van der Waals surface area contributed by atoms with Gasteiger partial charge in [0, 0.05) is 12.1 Å². The fourth-order valence-electron chi connectivity index (χ4n) is 0.994. The highest BCUT2D eigenvalue weighted by molar-refractivity contribution is 6.17. The molecule has 0 atom stereocenters. The first-order valence-corrected chi connectivity index (χ1v) is 4.01. The minimum absolute atomic E-state index is 0.0525. The summed E-state index contributed by atoms with van der Waals surface area (Å²) in [4.78, 5) is 13.9. The summed E-state index contributed by atoms with van der Waals surface area (Å²) in [6, 6.07) is 1.38. The molecule has 0 fully saturated rings. The molecule has 1 rings (SSSR count). The average Bonchev–Trinajstić information content (AvgIpc) is 2.16. The van der Waals surface area contributed by atoms with Crippen LogP contribution in [0.3, 0.4) is 0 Å². The lowest BCUT2D eigenvalue weighted by Gasteiger charge is -2.06. The molecule has 13 heavy (non-hydrogen) atoms. The second kappa shape index (κ2) is 4.28. The monoisotopic (exact) mass is 205 g/mol. The van der Waals surface area contributed by atoms with E-state index in [-0.39, 0.29) is 22.7 Å². The van der Waals surface area contributed by atoms with Crippen LogP contribution in [0.25, 0.3) is 0 Å². The molecule has 0 bridgehead atoms. The first kappa shape index (κ1) is 10.1. The van der Waals surface area contributed by atoms with Crippen LogP contribution in [0.4, 0.5) is 8.78 Å².